The van der Waals surface area contributed by atoms with Gasteiger partial charge in [0.15, 0.2) is 0 Å². The third-order valence-corrected chi connectivity index (χ3v) is 3.35. The number of aliphatic hydroxyl groups is 1. The number of hydrogen-bond acceptors (Lipinski definition) is 3. The van der Waals surface area contributed by atoms with Gasteiger partial charge in [-0.2, -0.15) is 0 Å². The minimum atomic E-state index is -0.803. The van der Waals surface area contributed by atoms with Crippen LogP contribution in [0, 0.1) is 5.82 Å². The molecule has 1 fully saturated rings. The Kier molecular flexibility index (Phi) is 4.14. The van der Waals surface area contributed by atoms with Crippen molar-refractivity contribution in [3.05, 3.63) is 34.1 Å². The Morgan fingerprint density at radius 2 is 2.35 bits per heavy atom. The molecular weight excluding hydrogens is 289 g/mol. The summed E-state index contributed by atoms with van der Waals surface area (Å²) in [6.07, 6.45) is 0.626. The zero-order valence-corrected chi connectivity index (χ0v) is 11.0. The predicted octanol–water partition coefficient (Wildman–Crippen LogP) is 1.83. The Labute approximate surface area is 108 Å². The summed E-state index contributed by atoms with van der Waals surface area (Å²) in [5.74, 6) is -0.240. The van der Waals surface area contributed by atoms with Crippen LogP contribution in [-0.4, -0.2) is 30.5 Å². The van der Waals surface area contributed by atoms with Crippen LogP contribution in [0.5, 0.6) is 0 Å². The van der Waals surface area contributed by atoms with Gasteiger partial charge in [-0.05, 0) is 18.2 Å². The lowest BCUT2D eigenvalue weighted by atomic mass is 10.0. The molecule has 1 aromatic carbocycles. The molecule has 0 bridgehead atoms. The third-order valence-electron chi connectivity index (χ3n) is 2.86. The minimum absolute atomic E-state index is 0.240. The minimum Gasteiger partial charge on any atom is -0.386 e. The summed E-state index contributed by atoms with van der Waals surface area (Å²) >= 11 is 3.30. The second kappa shape index (κ2) is 5.44. The van der Waals surface area contributed by atoms with Gasteiger partial charge < -0.3 is 15.2 Å². The first-order valence-electron chi connectivity index (χ1n) is 5.54. The molecule has 5 heteroatoms. The number of nitrogens with one attached hydrogen (secondary N) is 1. The van der Waals surface area contributed by atoms with Gasteiger partial charge in [0, 0.05) is 36.2 Å². The Hall–Kier alpha value is -0.490. The van der Waals surface area contributed by atoms with Crippen molar-refractivity contribution in [1.82, 2.24) is 5.32 Å². The van der Waals surface area contributed by atoms with Crippen molar-refractivity contribution in [2.45, 2.75) is 18.6 Å². The topological polar surface area (TPSA) is 41.5 Å². The van der Waals surface area contributed by atoms with Crippen molar-refractivity contribution in [2.24, 2.45) is 0 Å². The maximum Gasteiger partial charge on any atom is 0.127 e. The SMILES string of the molecule is OC1(CNCc2cc(Br)ccc2F)CCOC1. The lowest BCUT2D eigenvalue weighted by molar-refractivity contribution is 0.0268. The average Bonchev–Trinajstić information content (AvgIpc) is 2.71. The van der Waals surface area contributed by atoms with Crippen LogP contribution in [0.3, 0.4) is 0 Å². The molecule has 0 aromatic heterocycles. The van der Waals surface area contributed by atoms with E-state index < -0.39 is 5.60 Å². The number of halogens is 2. The highest BCUT2D eigenvalue weighted by molar-refractivity contribution is 9.10. The van der Waals surface area contributed by atoms with E-state index >= 15 is 0 Å². The van der Waals surface area contributed by atoms with E-state index in [2.05, 4.69) is 21.2 Å². The summed E-state index contributed by atoms with van der Waals surface area (Å²) in [7, 11) is 0. The Balaban J connectivity index is 1.87. The fraction of sp³-hybridized carbons (Fsp3) is 0.500. The Bertz CT molecular complexity index is 394. The van der Waals surface area contributed by atoms with Crippen LogP contribution in [-0.2, 0) is 11.3 Å². The number of ether oxygens (including phenoxy) is 1. The molecule has 1 aliphatic rings. The smallest absolute Gasteiger partial charge is 0.127 e. The van der Waals surface area contributed by atoms with Crippen molar-refractivity contribution >= 4 is 15.9 Å². The zero-order chi connectivity index (χ0) is 12.3. The van der Waals surface area contributed by atoms with E-state index in [0.29, 0.717) is 38.3 Å². The van der Waals surface area contributed by atoms with Crippen LogP contribution in [0.2, 0.25) is 0 Å². The van der Waals surface area contributed by atoms with E-state index in [-0.39, 0.29) is 5.82 Å². The summed E-state index contributed by atoms with van der Waals surface area (Å²) in [5, 5.41) is 13.1. The molecule has 1 saturated heterocycles. The lowest BCUT2D eigenvalue weighted by Crippen LogP contribution is -2.40. The molecule has 0 saturated carbocycles. The van der Waals surface area contributed by atoms with E-state index in [9.17, 15) is 9.50 Å². The predicted molar refractivity (Wildman–Crippen MR) is 66.2 cm³/mol. The highest BCUT2D eigenvalue weighted by atomic mass is 79.9. The van der Waals surface area contributed by atoms with Crippen LogP contribution in [0.25, 0.3) is 0 Å². The van der Waals surface area contributed by atoms with Crippen LogP contribution in [0.1, 0.15) is 12.0 Å². The molecule has 94 valence electrons. The van der Waals surface area contributed by atoms with Gasteiger partial charge in [0.25, 0.3) is 0 Å². The third kappa shape index (κ3) is 3.48. The van der Waals surface area contributed by atoms with Crippen molar-refractivity contribution in [3.8, 4) is 0 Å². The molecule has 17 heavy (non-hydrogen) atoms. The molecule has 0 amide bonds. The van der Waals surface area contributed by atoms with Gasteiger partial charge in [0.1, 0.15) is 11.4 Å². The highest BCUT2D eigenvalue weighted by Crippen LogP contribution is 2.18. The standard InChI is InChI=1S/C12H15BrFNO2/c13-10-1-2-11(14)9(5-10)6-15-7-12(16)3-4-17-8-12/h1-2,5,15-16H,3-4,6-8H2. The number of benzene rings is 1. The molecule has 0 radical (unpaired) electrons. The molecule has 2 rings (SSSR count). The summed E-state index contributed by atoms with van der Waals surface area (Å²) in [6, 6.07) is 4.82. The summed E-state index contributed by atoms with van der Waals surface area (Å²) in [5.41, 5.74) is -0.218. The molecular formula is C12H15BrFNO2. The van der Waals surface area contributed by atoms with E-state index in [1.807, 2.05) is 0 Å². The molecule has 2 N–H and O–H groups in total. The molecule has 1 atom stereocenters. The van der Waals surface area contributed by atoms with E-state index in [0.717, 1.165) is 4.47 Å². The van der Waals surface area contributed by atoms with Crippen molar-refractivity contribution < 1.29 is 14.2 Å². The second-order valence-corrected chi connectivity index (χ2v) is 5.28. The summed E-state index contributed by atoms with van der Waals surface area (Å²) < 4.78 is 19.4. The van der Waals surface area contributed by atoms with Crippen molar-refractivity contribution in [3.63, 3.8) is 0 Å². The Morgan fingerprint density at radius 3 is 3.06 bits per heavy atom. The maximum absolute atomic E-state index is 13.4. The first kappa shape index (κ1) is 13.0. The van der Waals surface area contributed by atoms with Crippen molar-refractivity contribution in [2.75, 3.05) is 19.8 Å². The molecule has 0 spiro atoms. The van der Waals surface area contributed by atoms with E-state index in [1.165, 1.54) is 6.07 Å². The number of hydrogen-bond donors (Lipinski definition) is 2. The van der Waals surface area contributed by atoms with Gasteiger partial charge in [0.05, 0.1) is 6.61 Å². The van der Waals surface area contributed by atoms with E-state index in [4.69, 9.17) is 4.74 Å². The number of rotatable bonds is 4. The first-order chi connectivity index (χ1) is 8.09. The van der Waals surface area contributed by atoms with Crippen LogP contribution < -0.4 is 5.32 Å². The average molecular weight is 304 g/mol. The summed E-state index contributed by atoms with van der Waals surface area (Å²) in [4.78, 5) is 0. The van der Waals surface area contributed by atoms with Crippen molar-refractivity contribution in [1.29, 1.82) is 0 Å². The highest BCUT2D eigenvalue weighted by Gasteiger charge is 2.31. The molecule has 1 heterocycles. The normalized spacial score (nSPS) is 24.2. The van der Waals surface area contributed by atoms with Gasteiger partial charge >= 0.3 is 0 Å². The maximum atomic E-state index is 13.4. The van der Waals surface area contributed by atoms with E-state index in [1.54, 1.807) is 12.1 Å². The fourth-order valence-electron chi connectivity index (χ4n) is 1.84. The fourth-order valence-corrected chi connectivity index (χ4v) is 2.25. The largest absolute Gasteiger partial charge is 0.386 e. The van der Waals surface area contributed by atoms with Gasteiger partial charge in [-0.15, -0.1) is 0 Å². The lowest BCUT2D eigenvalue weighted by Gasteiger charge is -2.20. The monoisotopic (exact) mass is 303 g/mol. The Morgan fingerprint density at radius 1 is 1.53 bits per heavy atom. The first-order valence-corrected chi connectivity index (χ1v) is 6.33. The molecule has 1 aromatic rings. The molecule has 0 aliphatic carbocycles. The molecule has 1 unspecified atom stereocenters. The summed E-state index contributed by atoms with van der Waals surface area (Å²) in [6.45, 7) is 1.75. The second-order valence-electron chi connectivity index (χ2n) is 4.37. The van der Waals surface area contributed by atoms with Gasteiger partial charge in [-0.3, -0.25) is 0 Å². The molecule has 3 nitrogen and oxygen atoms in total. The van der Waals surface area contributed by atoms with Crippen LogP contribution in [0.4, 0.5) is 4.39 Å². The van der Waals surface area contributed by atoms with Gasteiger partial charge in [0.2, 0.25) is 0 Å². The van der Waals surface area contributed by atoms with Gasteiger partial charge in [-0.1, -0.05) is 15.9 Å². The quantitative estimate of drug-likeness (QED) is 0.892. The molecule has 1 aliphatic heterocycles. The van der Waals surface area contributed by atoms with Crippen LogP contribution in [0.15, 0.2) is 22.7 Å². The zero-order valence-electron chi connectivity index (χ0n) is 9.38. The van der Waals surface area contributed by atoms with Gasteiger partial charge in [-0.25, -0.2) is 4.39 Å². The van der Waals surface area contributed by atoms with Crippen LogP contribution >= 0.6 is 15.9 Å².